The standard InChI is InChI=1S/C43H36N3/c1-31-16-4-6-18-34(31)33-26-27-42-37-21-9-11-23-39(37)43(46(42)30-33,38-22-10-8-20-36(38)40-24-12-14-28-44(40)3)45-29-15-13-25-41(45)35-19-7-5-17-32(35)2/h4-30H,1-3H3/q+3/t43-/m1/s1. The molecule has 4 aromatic carbocycles. The zero-order valence-electron chi connectivity index (χ0n) is 26.4. The van der Waals surface area contributed by atoms with E-state index in [9.17, 15) is 0 Å². The van der Waals surface area contributed by atoms with Crippen LogP contribution in [0.3, 0.4) is 0 Å². The van der Waals surface area contributed by atoms with Crippen molar-refractivity contribution in [1.29, 1.82) is 0 Å². The molecule has 3 heteroatoms. The molecule has 1 aliphatic heterocycles. The van der Waals surface area contributed by atoms with Crippen LogP contribution in [0.15, 0.2) is 164 Å². The Morgan fingerprint density at radius 2 is 0.913 bits per heavy atom. The van der Waals surface area contributed by atoms with Gasteiger partial charge in [0.05, 0.1) is 11.1 Å². The van der Waals surface area contributed by atoms with Gasteiger partial charge in [-0.15, -0.1) is 9.13 Å². The normalized spacial score (nSPS) is 14.9. The van der Waals surface area contributed by atoms with Crippen LogP contribution in [0, 0.1) is 13.8 Å². The van der Waals surface area contributed by atoms with Gasteiger partial charge in [-0.05, 0) is 79.1 Å². The number of rotatable bonds is 5. The third kappa shape index (κ3) is 4.16. The van der Waals surface area contributed by atoms with Crippen molar-refractivity contribution in [2.75, 3.05) is 0 Å². The van der Waals surface area contributed by atoms with E-state index in [1.807, 2.05) is 0 Å². The Morgan fingerprint density at radius 3 is 1.57 bits per heavy atom. The van der Waals surface area contributed by atoms with Gasteiger partial charge in [0.25, 0.3) is 0 Å². The highest BCUT2D eigenvalue weighted by Crippen LogP contribution is 2.44. The molecule has 8 rings (SSSR count). The van der Waals surface area contributed by atoms with Crippen molar-refractivity contribution in [1.82, 2.24) is 0 Å². The zero-order chi connectivity index (χ0) is 31.3. The minimum absolute atomic E-state index is 0.747. The second kappa shape index (κ2) is 11.0. The third-order valence-electron chi connectivity index (χ3n) is 9.59. The number of fused-ring (bicyclic) bond motifs is 3. The van der Waals surface area contributed by atoms with Crippen molar-refractivity contribution in [3.8, 4) is 44.9 Å². The smallest absolute Gasteiger partial charge is 0.201 e. The Hall–Kier alpha value is -5.67. The molecule has 0 spiro atoms. The molecule has 1 aliphatic rings. The van der Waals surface area contributed by atoms with Crippen LogP contribution >= 0.6 is 0 Å². The number of hydrogen-bond acceptors (Lipinski definition) is 0. The molecule has 0 fully saturated rings. The lowest BCUT2D eigenvalue weighted by atomic mass is 9.85. The number of nitrogens with zero attached hydrogens (tertiary/aromatic N) is 3. The van der Waals surface area contributed by atoms with E-state index in [4.69, 9.17) is 0 Å². The van der Waals surface area contributed by atoms with Gasteiger partial charge >= 0.3 is 5.66 Å². The van der Waals surface area contributed by atoms with Gasteiger partial charge in [-0.1, -0.05) is 66.7 Å². The molecule has 1 atom stereocenters. The summed E-state index contributed by atoms with van der Waals surface area (Å²) < 4.78 is 7.26. The lowest BCUT2D eigenvalue weighted by Gasteiger charge is -2.25. The van der Waals surface area contributed by atoms with E-state index in [0.717, 1.165) is 11.4 Å². The summed E-state index contributed by atoms with van der Waals surface area (Å²) in [7, 11) is 2.13. The summed E-state index contributed by atoms with van der Waals surface area (Å²) in [5, 5.41) is 0. The summed E-state index contributed by atoms with van der Waals surface area (Å²) in [4.78, 5) is 0. The van der Waals surface area contributed by atoms with E-state index in [1.165, 1.54) is 55.8 Å². The van der Waals surface area contributed by atoms with Gasteiger partial charge in [0, 0.05) is 41.5 Å². The number of aromatic nitrogens is 3. The molecule has 0 radical (unpaired) electrons. The van der Waals surface area contributed by atoms with Crippen LogP contribution in [0.2, 0.25) is 0 Å². The SMILES string of the molecule is Cc1ccccc1-c1ccc2[n+](c1)[C@@](c1ccccc1-c1cccc[n+]1C)([n+]1ccccc1-c1ccccc1C)c1ccccc1-2. The first-order valence-corrected chi connectivity index (χ1v) is 15.9. The van der Waals surface area contributed by atoms with Crippen LogP contribution < -0.4 is 13.7 Å². The fraction of sp³-hybridized carbons (Fsp3) is 0.0930. The van der Waals surface area contributed by atoms with Gasteiger partial charge in [-0.3, -0.25) is 0 Å². The van der Waals surface area contributed by atoms with Gasteiger partial charge in [-0.2, -0.15) is 0 Å². The molecule has 46 heavy (non-hydrogen) atoms. The molecule has 3 aromatic heterocycles. The summed E-state index contributed by atoms with van der Waals surface area (Å²) in [6.45, 7) is 4.40. The Labute approximate surface area is 271 Å². The average Bonchev–Trinajstić information content (AvgIpc) is 3.39. The second-order valence-electron chi connectivity index (χ2n) is 12.2. The predicted octanol–water partition coefficient (Wildman–Crippen LogP) is 7.98. The summed E-state index contributed by atoms with van der Waals surface area (Å²) >= 11 is 0. The van der Waals surface area contributed by atoms with E-state index >= 15 is 0 Å². The summed E-state index contributed by atoms with van der Waals surface area (Å²) in [5.41, 5.74) is 13.8. The highest BCUT2D eigenvalue weighted by atomic mass is 15.3. The maximum atomic E-state index is 2.53. The third-order valence-corrected chi connectivity index (χ3v) is 9.59. The monoisotopic (exact) mass is 594 g/mol. The van der Waals surface area contributed by atoms with Crippen LogP contribution in [0.1, 0.15) is 22.3 Å². The quantitative estimate of drug-likeness (QED) is 0.179. The van der Waals surface area contributed by atoms with Gasteiger partial charge in [0.2, 0.25) is 17.1 Å². The fourth-order valence-electron chi connectivity index (χ4n) is 7.45. The Kier molecular flexibility index (Phi) is 6.69. The van der Waals surface area contributed by atoms with Crippen molar-refractivity contribution in [3.05, 3.63) is 186 Å². The van der Waals surface area contributed by atoms with E-state index in [1.54, 1.807) is 0 Å². The van der Waals surface area contributed by atoms with E-state index in [-0.39, 0.29) is 0 Å². The summed E-state index contributed by atoms with van der Waals surface area (Å²) in [5.74, 6) is 0. The minimum atomic E-state index is -0.747. The molecule has 220 valence electrons. The molecule has 4 heterocycles. The molecule has 7 aromatic rings. The Morgan fingerprint density at radius 1 is 0.413 bits per heavy atom. The molecule has 0 aliphatic carbocycles. The van der Waals surface area contributed by atoms with E-state index < -0.39 is 5.66 Å². The fourth-order valence-corrected chi connectivity index (χ4v) is 7.45. The first-order valence-electron chi connectivity index (χ1n) is 15.9. The molecule has 0 bridgehead atoms. The number of hydrogen-bond donors (Lipinski definition) is 0. The largest absolute Gasteiger partial charge is 0.417 e. The van der Waals surface area contributed by atoms with Crippen molar-refractivity contribution in [2.45, 2.75) is 19.5 Å². The Bertz CT molecular complexity index is 2180. The molecular weight excluding hydrogens is 558 g/mol. The predicted molar refractivity (Wildman–Crippen MR) is 184 cm³/mol. The summed E-state index contributed by atoms with van der Waals surface area (Å²) in [6.07, 6.45) is 6.77. The molecule has 3 nitrogen and oxygen atoms in total. The van der Waals surface area contributed by atoms with Crippen LogP contribution in [-0.2, 0) is 12.7 Å². The number of benzene rings is 4. The van der Waals surface area contributed by atoms with Crippen LogP contribution in [0.25, 0.3) is 44.9 Å². The Balaban J connectivity index is 1.57. The maximum absolute atomic E-state index is 2.53. The highest BCUT2D eigenvalue weighted by molar-refractivity contribution is 5.74. The van der Waals surface area contributed by atoms with Crippen LogP contribution in [0.4, 0.5) is 0 Å². The number of aryl methyl sites for hydroxylation is 3. The van der Waals surface area contributed by atoms with E-state index in [2.05, 4.69) is 199 Å². The van der Waals surface area contributed by atoms with Gasteiger partial charge < -0.3 is 0 Å². The van der Waals surface area contributed by atoms with E-state index in [0.29, 0.717) is 0 Å². The lowest BCUT2D eigenvalue weighted by molar-refractivity contribution is -0.958. The lowest BCUT2D eigenvalue weighted by Crippen LogP contribution is -2.73. The summed E-state index contributed by atoms with van der Waals surface area (Å²) in [6, 6.07) is 52.9. The molecule has 0 amide bonds. The molecule has 0 saturated carbocycles. The zero-order valence-corrected chi connectivity index (χ0v) is 26.4. The van der Waals surface area contributed by atoms with Crippen molar-refractivity contribution >= 4 is 0 Å². The average molecular weight is 595 g/mol. The molecule has 0 saturated heterocycles. The first kappa shape index (κ1) is 27.8. The van der Waals surface area contributed by atoms with Crippen LogP contribution in [-0.4, -0.2) is 0 Å². The van der Waals surface area contributed by atoms with Gasteiger partial charge in [-0.25, -0.2) is 4.57 Å². The van der Waals surface area contributed by atoms with Crippen molar-refractivity contribution in [2.24, 2.45) is 7.05 Å². The molecular formula is C43H36N3+3. The molecule has 0 unspecified atom stereocenters. The minimum Gasteiger partial charge on any atom is -0.201 e. The van der Waals surface area contributed by atoms with Gasteiger partial charge in [0.15, 0.2) is 18.6 Å². The van der Waals surface area contributed by atoms with Gasteiger partial charge in [0.1, 0.15) is 18.2 Å². The van der Waals surface area contributed by atoms with Crippen molar-refractivity contribution in [3.63, 3.8) is 0 Å². The topological polar surface area (TPSA) is 11.6 Å². The second-order valence-corrected chi connectivity index (χ2v) is 12.2. The van der Waals surface area contributed by atoms with Crippen LogP contribution in [0.5, 0.6) is 0 Å². The number of pyridine rings is 3. The van der Waals surface area contributed by atoms with Crippen molar-refractivity contribution < 1.29 is 13.7 Å². The maximum Gasteiger partial charge on any atom is 0.417 e. The highest BCUT2D eigenvalue weighted by Gasteiger charge is 2.63. The first-order chi connectivity index (χ1) is 22.6. The molecule has 0 N–H and O–H groups in total.